The van der Waals surface area contributed by atoms with Crippen LogP contribution in [0.4, 0.5) is 5.69 Å². The van der Waals surface area contributed by atoms with Crippen LogP contribution in [0.25, 0.3) is 10.2 Å². The molecule has 0 amide bonds. The summed E-state index contributed by atoms with van der Waals surface area (Å²) in [6.07, 6.45) is 1.13. The highest BCUT2D eigenvalue weighted by molar-refractivity contribution is 7.92. The molecule has 3 rings (SSSR count). The maximum atomic E-state index is 12.5. The zero-order valence-electron chi connectivity index (χ0n) is 12.9. The molecule has 0 aliphatic rings. The largest absolute Gasteiger partial charge is 0.462 e. The van der Waals surface area contributed by atoms with Gasteiger partial charge in [-0.25, -0.2) is 9.78 Å². The second-order valence-corrected chi connectivity index (χ2v) is 7.71. The van der Waals surface area contributed by atoms with Crippen LogP contribution in [0.5, 0.6) is 0 Å². The van der Waals surface area contributed by atoms with E-state index in [1.807, 2.05) is 6.92 Å². The van der Waals surface area contributed by atoms with Gasteiger partial charge in [0, 0.05) is 0 Å². The van der Waals surface area contributed by atoms with E-state index in [-0.39, 0.29) is 17.2 Å². The Morgan fingerprint density at radius 3 is 2.96 bits per heavy atom. The number of aromatic nitrogens is 3. The normalized spacial score (nSPS) is 11.6. The minimum atomic E-state index is -4.01. The molecule has 0 aliphatic carbocycles. The quantitative estimate of drug-likeness (QED) is 0.670. The lowest BCUT2D eigenvalue weighted by atomic mass is 10.3. The number of ether oxygens (including phenoxy) is 1. The summed E-state index contributed by atoms with van der Waals surface area (Å²) in [5, 5.41) is 6.53. The number of hydrogen-bond acceptors (Lipinski definition) is 7. The van der Waals surface area contributed by atoms with Crippen LogP contribution in [0.3, 0.4) is 0 Å². The second-order valence-electron chi connectivity index (χ2n) is 4.85. The van der Waals surface area contributed by atoms with Crippen molar-refractivity contribution in [3.8, 4) is 0 Å². The Bertz CT molecular complexity index is 1010. The number of nitrogens with zero attached hydrogens (tertiary/aromatic N) is 2. The van der Waals surface area contributed by atoms with Crippen LogP contribution in [0.2, 0.25) is 0 Å². The molecule has 0 spiro atoms. The topological polar surface area (TPSA) is 114 Å². The predicted molar refractivity (Wildman–Crippen MR) is 89.7 cm³/mol. The molecule has 10 heteroatoms. The molecule has 0 saturated heterocycles. The Balaban J connectivity index is 1.93. The average Bonchev–Trinajstić information content (AvgIpc) is 3.12. The summed E-state index contributed by atoms with van der Waals surface area (Å²) < 4.78 is 33.2. The lowest BCUT2D eigenvalue weighted by Crippen LogP contribution is -2.17. The lowest BCUT2D eigenvalue weighted by molar-refractivity contribution is 0.0522. The number of esters is 1. The standard InChI is InChI=1S/C14H14N4O4S2/c1-3-22-14(19)10-7-15-17-13(10)24(20,21)18-9-4-5-11-12(6-9)23-8(2)16-11/h4-7,18H,3H2,1-2H3,(H,15,17). The zero-order valence-corrected chi connectivity index (χ0v) is 14.5. The van der Waals surface area contributed by atoms with E-state index >= 15 is 0 Å². The number of thiazole rings is 1. The van der Waals surface area contributed by atoms with Crippen molar-refractivity contribution in [3.05, 3.63) is 35.0 Å². The minimum absolute atomic E-state index is 0.137. The van der Waals surface area contributed by atoms with Gasteiger partial charge in [-0.05, 0) is 32.0 Å². The summed E-state index contributed by atoms with van der Waals surface area (Å²) in [5.74, 6) is -0.750. The average molecular weight is 366 g/mol. The number of benzene rings is 1. The number of sulfonamides is 1. The molecule has 0 fully saturated rings. The van der Waals surface area contributed by atoms with E-state index in [9.17, 15) is 13.2 Å². The third kappa shape index (κ3) is 3.10. The highest BCUT2D eigenvalue weighted by Gasteiger charge is 2.26. The van der Waals surface area contributed by atoms with Crippen molar-refractivity contribution in [3.63, 3.8) is 0 Å². The van der Waals surface area contributed by atoms with E-state index in [0.29, 0.717) is 5.69 Å². The highest BCUT2D eigenvalue weighted by Crippen LogP contribution is 2.26. The third-order valence-electron chi connectivity index (χ3n) is 3.12. The molecular weight excluding hydrogens is 352 g/mol. The number of anilines is 1. The van der Waals surface area contributed by atoms with Crippen molar-refractivity contribution in [2.75, 3.05) is 11.3 Å². The van der Waals surface area contributed by atoms with Gasteiger partial charge in [0.15, 0.2) is 5.03 Å². The van der Waals surface area contributed by atoms with Crippen LogP contribution >= 0.6 is 11.3 Å². The Labute approximate surface area is 141 Å². The van der Waals surface area contributed by atoms with Crippen LogP contribution in [0, 0.1) is 6.92 Å². The van der Waals surface area contributed by atoms with Crippen LogP contribution in [0.15, 0.2) is 29.4 Å². The van der Waals surface area contributed by atoms with Crippen molar-refractivity contribution < 1.29 is 17.9 Å². The molecule has 0 saturated carbocycles. The molecule has 2 heterocycles. The van der Waals surface area contributed by atoms with Crippen molar-refractivity contribution in [1.29, 1.82) is 0 Å². The first-order chi connectivity index (χ1) is 11.4. The van der Waals surface area contributed by atoms with Gasteiger partial charge in [0.2, 0.25) is 0 Å². The van der Waals surface area contributed by atoms with E-state index in [1.54, 1.807) is 25.1 Å². The number of H-pyrrole nitrogens is 1. The monoisotopic (exact) mass is 366 g/mol. The first-order valence-electron chi connectivity index (χ1n) is 7.01. The molecule has 24 heavy (non-hydrogen) atoms. The zero-order chi connectivity index (χ0) is 17.3. The molecule has 0 unspecified atom stereocenters. The molecule has 8 nitrogen and oxygen atoms in total. The minimum Gasteiger partial charge on any atom is -0.462 e. The van der Waals surface area contributed by atoms with Gasteiger partial charge in [-0.3, -0.25) is 9.82 Å². The van der Waals surface area contributed by atoms with Crippen molar-refractivity contribution in [2.45, 2.75) is 18.9 Å². The first-order valence-corrected chi connectivity index (χ1v) is 9.31. The Morgan fingerprint density at radius 1 is 1.42 bits per heavy atom. The summed E-state index contributed by atoms with van der Waals surface area (Å²) in [7, 11) is -4.01. The maximum absolute atomic E-state index is 12.5. The first kappa shape index (κ1) is 16.4. The van der Waals surface area contributed by atoms with Crippen molar-refractivity contribution in [1.82, 2.24) is 15.2 Å². The molecule has 0 bridgehead atoms. The van der Waals surface area contributed by atoms with Crippen LogP contribution in [-0.4, -0.2) is 36.2 Å². The van der Waals surface area contributed by atoms with Crippen LogP contribution in [-0.2, 0) is 14.8 Å². The molecule has 2 aromatic heterocycles. The van der Waals surface area contributed by atoms with E-state index < -0.39 is 16.0 Å². The number of carbonyl (C=O) groups is 1. The molecule has 3 aromatic rings. The number of aromatic amines is 1. The van der Waals surface area contributed by atoms with Gasteiger partial charge in [0.1, 0.15) is 5.56 Å². The van der Waals surface area contributed by atoms with Gasteiger partial charge in [-0.15, -0.1) is 11.3 Å². The fourth-order valence-corrected chi connectivity index (χ4v) is 4.15. The fourth-order valence-electron chi connectivity index (χ4n) is 2.14. The summed E-state index contributed by atoms with van der Waals surface area (Å²) >= 11 is 1.46. The van der Waals surface area contributed by atoms with Crippen LogP contribution < -0.4 is 4.72 Å². The summed E-state index contributed by atoms with van der Waals surface area (Å²) in [4.78, 5) is 16.1. The van der Waals surface area contributed by atoms with Crippen molar-refractivity contribution in [2.24, 2.45) is 0 Å². The van der Waals surface area contributed by atoms with Crippen molar-refractivity contribution >= 4 is 43.2 Å². The third-order valence-corrected chi connectivity index (χ3v) is 5.40. The molecule has 0 radical (unpaired) electrons. The maximum Gasteiger partial charge on any atom is 0.342 e. The second kappa shape index (κ2) is 6.21. The molecule has 1 aromatic carbocycles. The molecule has 2 N–H and O–H groups in total. The summed E-state index contributed by atoms with van der Waals surface area (Å²) in [6.45, 7) is 3.65. The van der Waals surface area contributed by atoms with Gasteiger partial charge in [0.05, 0.1) is 33.7 Å². The number of fused-ring (bicyclic) bond motifs is 1. The van der Waals surface area contributed by atoms with Gasteiger partial charge >= 0.3 is 5.97 Å². The number of hydrogen-bond donors (Lipinski definition) is 2. The van der Waals surface area contributed by atoms with Gasteiger partial charge in [0.25, 0.3) is 10.0 Å². The number of aryl methyl sites for hydroxylation is 1. The van der Waals surface area contributed by atoms with Gasteiger partial charge in [-0.2, -0.15) is 13.5 Å². The SMILES string of the molecule is CCOC(=O)c1cn[nH]c1S(=O)(=O)Nc1ccc2nc(C)sc2c1. The van der Waals surface area contributed by atoms with Gasteiger partial charge < -0.3 is 4.74 Å². The number of carbonyl (C=O) groups excluding carboxylic acids is 1. The van der Waals surface area contributed by atoms with E-state index in [4.69, 9.17) is 4.74 Å². The summed E-state index contributed by atoms with van der Waals surface area (Å²) in [5.41, 5.74) is 1.03. The number of rotatable bonds is 5. The summed E-state index contributed by atoms with van der Waals surface area (Å²) in [6, 6.07) is 5.04. The smallest absolute Gasteiger partial charge is 0.342 e. The Hall–Kier alpha value is -2.46. The molecule has 0 atom stereocenters. The van der Waals surface area contributed by atoms with E-state index in [1.165, 1.54) is 11.3 Å². The molecule has 0 aliphatic heterocycles. The fraction of sp³-hybridized carbons (Fsp3) is 0.214. The number of nitrogens with one attached hydrogen (secondary N) is 2. The Kier molecular flexibility index (Phi) is 4.24. The van der Waals surface area contributed by atoms with Crippen LogP contribution in [0.1, 0.15) is 22.3 Å². The lowest BCUT2D eigenvalue weighted by Gasteiger charge is -2.08. The molecule has 126 valence electrons. The van der Waals surface area contributed by atoms with E-state index in [0.717, 1.165) is 21.4 Å². The highest BCUT2D eigenvalue weighted by atomic mass is 32.2. The Morgan fingerprint density at radius 2 is 2.21 bits per heavy atom. The van der Waals surface area contributed by atoms with Gasteiger partial charge in [-0.1, -0.05) is 0 Å². The predicted octanol–water partition coefficient (Wildman–Crippen LogP) is 2.31. The molecular formula is C14H14N4O4S2. The van der Waals surface area contributed by atoms with E-state index in [2.05, 4.69) is 19.9 Å².